The number of rotatable bonds is 5. The lowest BCUT2D eigenvalue weighted by Gasteiger charge is -2.24. The number of hydrogen-bond donors (Lipinski definition) is 1. The normalized spacial score (nSPS) is 16.8. The molecule has 2 N–H and O–H groups in total. The zero-order valence-electron chi connectivity index (χ0n) is 12.5. The molecule has 1 aliphatic carbocycles. The molecule has 1 aromatic heterocycles. The predicted octanol–water partition coefficient (Wildman–Crippen LogP) is 2.96. The fraction of sp³-hybridized carbons (Fsp3) is 0.333. The SMILES string of the molecule is NC(=O)CC1CCCc2nc(OCc3ccccc3)ccc21. The van der Waals surface area contributed by atoms with Crippen molar-refractivity contribution in [1.82, 2.24) is 4.98 Å². The number of fused-ring (bicyclic) bond motifs is 1. The number of hydrogen-bond acceptors (Lipinski definition) is 3. The molecule has 1 aliphatic rings. The van der Waals surface area contributed by atoms with Gasteiger partial charge in [-0.3, -0.25) is 4.79 Å². The molecular formula is C18H20N2O2. The standard InChI is InChI=1S/C18H20N2O2/c19-17(21)11-14-7-4-8-16-15(14)9-10-18(20-16)22-12-13-5-2-1-3-6-13/h1-3,5-6,9-10,14H,4,7-8,11-12H2,(H2,19,21). The van der Waals surface area contributed by atoms with E-state index in [2.05, 4.69) is 4.98 Å². The second kappa shape index (κ2) is 6.60. The van der Waals surface area contributed by atoms with E-state index < -0.39 is 0 Å². The Morgan fingerprint density at radius 2 is 2.05 bits per heavy atom. The van der Waals surface area contributed by atoms with Crippen LogP contribution in [0.3, 0.4) is 0 Å². The third-order valence-corrected chi connectivity index (χ3v) is 4.07. The van der Waals surface area contributed by atoms with Gasteiger partial charge in [0, 0.05) is 18.2 Å². The number of ether oxygens (including phenoxy) is 1. The summed E-state index contributed by atoms with van der Waals surface area (Å²) in [5, 5.41) is 0. The summed E-state index contributed by atoms with van der Waals surface area (Å²) in [6.45, 7) is 0.511. The maximum atomic E-state index is 11.2. The fourth-order valence-corrected chi connectivity index (χ4v) is 3.00. The number of nitrogens with zero attached hydrogens (tertiary/aromatic N) is 1. The van der Waals surface area contributed by atoms with E-state index in [0.717, 1.165) is 36.1 Å². The molecule has 1 heterocycles. The van der Waals surface area contributed by atoms with E-state index >= 15 is 0 Å². The number of benzene rings is 1. The van der Waals surface area contributed by atoms with Crippen LogP contribution in [-0.2, 0) is 17.8 Å². The monoisotopic (exact) mass is 296 g/mol. The highest BCUT2D eigenvalue weighted by molar-refractivity contribution is 5.74. The van der Waals surface area contributed by atoms with Crippen molar-refractivity contribution in [2.45, 2.75) is 38.2 Å². The lowest BCUT2D eigenvalue weighted by Crippen LogP contribution is -2.19. The van der Waals surface area contributed by atoms with E-state index in [1.165, 1.54) is 0 Å². The van der Waals surface area contributed by atoms with Crippen LogP contribution in [0.25, 0.3) is 0 Å². The summed E-state index contributed by atoms with van der Waals surface area (Å²) in [4.78, 5) is 15.8. The van der Waals surface area contributed by atoms with Gasteiger partial charge in [0.15, 0.2) is 0 Å². The summed E-state index contributed by atoms with van der Waals surface area (Å²) in [5.41, 5.74) is 8.65. The molecule has 1 unspecified atom stereocenters. The average Bonchev–Trinajstić information content (AvgIpc) is 2.53. The quantitative estimate of drug-likeness (QED) is 0.922. The van der Waals surface area contributed by atoms with Gasteiger partial charge in [0.05, 0.1) is 0 Å². The maximum absolute atomic E-state index is 11.2. The molecule has 114 valence electrons. The lowest BCUT2D eigenvalue weighted by atomic mass is 9.83. The maximum Gasteiger partial charge on any atom is 0.218 e. The molecule has 1 amide bonds. The molecular weight excluding hydrogens is 276 g/mol. The topological polar surface area (TPSA) is 65.2 Å². The Kier molecular flexibility index (Phi) is 4.37. The van der Waals surface area contributed by atoms with Crippen LogP contribution < -0.4 is 10.5 Å². The predicted molar refractivity (Wildman–Crippen MR) is 84.5 cm³/mol. The molecule has 0 fully saturated rings. The van der Waals surface area contributed by atoms with Crippen LogP contribution in [0.4, 0.5) is 0 Å². The van der Waals surface area contributed by atoms with Gasteiger partial charge >= 0.3 is 0 Å². The zero-order chi connectivity index (χ0) is 15.4. The number of primary amides is 1. The van der Waals surface area contributed by atoms with Crippen LogP contribution in [0.15, 0.2) is 42.5 Å². The van der Waals surface area contributed by atoms with Gasteiger partial charge in [-0.1, -0.05) is 36.4 Å². The van der Waals surface area contributed by atoms with E-state index in [9.17, 15) is 4.79 Å². The second-order valence-electron chi connectivity index (χ2n) is 5.72. The molecule has 0 radical (unpaired) electrons. The Morgan fingerprint density at radius 1 is 1.23 bits per heavy atom. The Bertz CT molecular complexity index is 655. The van der Waals surface area contributed by atoms with Crippen molar-refractivity contribution in [3.8, 4) is 5.88 Å². The molecule has 1 aromatic carbocycles. The van der Waals surface area contributed by atoms with E-state index in [1.54, 1.807) is 0 Å². The average molecular weight is 296 g/mol. The Balaban J connectivity index is 1.72. The molecule has 0 bridgehead atoms. The van der Waals surface area contributed by atoms with Gasteiger partial charge in [-0.05, 0) is 36.3 Å². The molecule has 0 saturated heterocycles. The van der Waals surface area contributed by atoms with Crippen molar-refractivity contribution in [3.05, 3.63) is 59.3 Å². The van der Waals surface area contributed by atoms with Crippen molar-refractivity contribution in [2.75, 3.05) is 0 Å². The first-order chi connectivity index (χ1) is 10.7. The molecule has 1 atom stereocenters. The summed E-state index contributed by atoms with van der Waals surface area (Å²) < 4.78 is 5.77. The van der Waals surface area contributed by atoms with Gasteiger partial charge in [-0.15, -0.1) is 0 Å². The Hall–Kier alpha value is -2.36. The molecule has 3 rings (SSSR count). The highest BCUT2D eigenvalue weighted by Crippen LogP contribution is 2.34. The first kappa shape index (κ1) is 14.6. The zero-order valence-corrected chi connectivity index (χ0v) is 12.5. The molecule has 2 aromatic rings. The van der Waals surface area contributed by atoms with Gasteiger partial charge in [0.2, 0.25) is 11.8 Å². The number of pyridine rings is 1. The molecule has 0 spiro atoms. The number of carbonyl (C=O) groups excluding carboxylic acids is 1. The summed E-state index contributed by atoms with van der Waals surface area (Å²) in [7, 11) is 0. The Morgan fingerprint density at radius 3 is 2.82 bits per heavy atom. The molecule has 4 heteroatoms. The van der Waals surface area contributed by atoms with Crippen LogP contribution in [0.5, 0.6) is 5.88 Å². The Labute approximate surface area is 130 Å². The smallest absolute Gasteiger partial charge is 0.218 e. The number of nitrogens with two attached hydrogens (primary N) is 1. The molecule has 22 heavy (non-hydrogen) atoms. The summed E-state index contributed by atoms with van der Waals surface area (Å²) in [6, 6.07) is 14.0. The minimum atomic E-state index is -0.248. The van der Waals surface area contributed by atoms with Crippen LogP contribution >= 0.6 is 0 Å². The van der Waals surface area contributed by atoms with Gasteiger partial charge in [0.1, 0.15) is 6.61 Å². The number of aromatic nitrogens is 1. The third-order valence-electron chi connectivity index (χ3n) is 4.07. The highest BCUT2D eigenvalue weighted by atomic mass is 16.5. The van der Waals surface area contributed by atoms with Crippen LogP contribution in [-0.4, -0.2) is 10.9 Å². The van der Waals surface area contributed by atoms with E-state index in [-0.39, 0.29) is 11.8 Å². The number of carbonyl (C=O) groups is 1. The fourth-order valence-electron chi connectivity index (χ4n) is 3.00. The summed E-state index contributed by atoms with van der Waals surface area (Å²) >= 11 is 0. The first-order valence-corrected chi connectivity index (χ1v) is 7.67. The largest absolute Gasteiger partial charge is 0.473 e. The van der Waals surface area contributed by atoms with Gasteiger partial charge in [0.25, 0.3) is 0 Å². The van der Waals surface area contributed by atoms with Gasteiger partial charge < -0.3 is 10.5 Å². The van der Waals surface area contributed by atoms with E-state index in [1.807, 2.05) is 42.5 Å². The van der Waals surface area contributed by atoms with Crippen LogP contribution in [0, 0.1) is 0 Å². The van der Waals surface area contributed by atoms with Gasteiger partial charge in [-0.25, -0.2) is 4.98 Å². The van der Waals surface area contributed by atoms with Crippen molar-refractivity contribution < 1.29 is 9.53 Å². The summed E-state index contributed by atoms with van der Waals surface area (Å²) in [6.07, 6.45) is 3.38. The third kappa shape index (κ3) is 3.45. The van der Waals surface area contributed by atoms with Crippen molar-refractivity contribution in [1.29, 1.82) is 0 Å². The molecule has 0 saturated carbocycles. The van der Waals surface area contributed by atoms with E-state index in [0.29, 0.717) is 18.9 Å². The van der Waals surface area contributed by atoms with Crippen LogP contribution in [0.2, 0.25) is 0 Å². The first-order valence-electron chi connectivity index (χ1n) is 7.67. The number of amides is 1. The van der Waals surface area contributed by atoms with Gasteiger partial charge in [-0.2, -0.15) is 0 Å². The lowest BCUT2D eigenvalue weighted by molar-refractivity contribution is -0.118. The van der Waals surface area contributed by atoms with Crippen molar-refractivity contribution >= 4 is 5.91 Å². The van der Waals surface area contributed by atoms with Crippen LogP contribution in [0.1, 0.15) is 42.0 Å². The van der Waals surface area contributed by atoms with Crippen molar-refractivity contribution in [2.24, 2.45) is 5.73 Å². The van der Waals surface area contributed by atoms with E-state index in [4.69, 9.17) is 10.5 Å². The summed E-state index contributed by atoms with van der Waals surface area (Å²) in [5.74, 6) is 0.599. The molecule has 0 aliphatic heterocycles. The minimum absolute atomic E-state index is 0.205. The second-order valence-corrected chi connectivity index (χ2v) is 5.72. The number of aryl methyl sites for hydroxylation is 1. The molecule has 4 nitrogen and oxygen atoms in total. The highest BCUT2D eigenvalue weighted by Gasteiger charge is 2.23. The minimum Gasteiger partial charge on any atom is -0.473 e. The van der Waals surface area contributed by atoms with Crippen molar-refractivity contribution in [3.63, 3.8) is 0 Å².